The van der Waals surface area contributed by atoms with Gasteiger partial charge in [-0.1, -0.05) is 36.4 Å². The highest BCUT2D eigenvalue weighted by Gasteiger charge is 2.28. The number of aromatic amines is 2. The molecule has 0 bridgehead atoms. The number of hydrogen-bond donors (Lipinski definition) is 3. The predicted octanol–water partition coefficient (Wildman–Crippen LogP) is 3.87. The van der Waals surface area contributed by atoms with Gasteiger partial charge in [0.15, 0.2) is 0 Å². The Labute approximate surface area is 222 Å². The molecule has 0 radical (unpaired) electrons. The van der Waals surface area contributed by atoms with E-state index >= 15 is 0 Å². The average Bonchev–Trinajstić information content (AvgIpc) is 3.57. The Hall–Kier alpha value is -5.06. The highest BCUT2D eigenvalue weighted by atomic mass is 16.5. The minimum atomic E-state index is -0.814. The molecule has 39 heavy (non-hydrogen) atoms. The number of fused-ring (bicyclic) bond motifs is 2. The van der Waals surface area contributed by atoms with Gasteiger partial charge in [-0.05, 0) is 31.9 Å². The number of para-hydroxylation sites is 2. The van der Waals surface area contributed by atoms with E-state index in [0.717, 1.165) is 16.6 Å². The average molecular weight is 530 g/mol. The Morgan fingerprint density at radius 1 is 0.974 bits per heavy atom. The minimum absolute atomic E-state index is 0.0704. The zero-order valence-electron chi connectivity index (χ0n) is 21.4. The van der Waals surface area contributed by atoms with Crippen molar-refractivity contribution in [2.24, 2.45) is 5.73 Å². The quantitative estimate of drug-likeness (QED) is 0.205. The molecule has 3 heterocycles. The molecule has 1 amide bonds. The summed E-state index contributed by atoms with van der Waals surface area (Å²) < 4.78 is 13.0. The normalized spacial score (nSPS) is 11.2. The number of rotatable bonds is 8. The number of nitrogens with one attached hydrogen (secondary N) is 2. The number of aromatic nitrogens is 4. The third kappa shape index (κ3) is 4.58. The lowest BCUT2D eigenvalue weighted by Gasteiger charge is -2.11. The van der Waals surface area contributed by atoms with Crippen molar-refractivity contribution in [2.75, 3.05) is 13.2 Å². The molecule has 0 saturated heterocycles. The summed E-state index contributed by atoms with van der Waals surface area (Å²) in [5.41, 5.74) is 8.40. The fraction of sp³-hybridized carbons (Fsp3) is 0.214. The number of nitrogens with two attached hydrogens (primary N) is 1. The van der Waals surface area contributed by atoms with Crippen LogP contribution in [0.1, 0.15) is 36.5 Å². The van der Waals surface area contributed by atoms with Crippen LogP contribution < -0.4 is 11.4 Å². The van der Waals surface area contributed by atoms with Crippen molar-refractivity contribution in [1.29, 1.82) is 0 Å². The number of carbonyl (C=O) groups is 3. The van der Waals surface area contributed by atoms with Crippen LogP contribution >= 0.6 is 0 Å². The van der Waals surface area contributed by atoms with Crippen molar-refractivity contribution in [2.45, 2.75) is 26.7 Å². The number of carbonyl (C=O) groups excluding carboxylic acids is 3. The van der Waals surface area contributed by atoms with Crippen LogP contribution in [0.2, 0.25) is 0 Å². The number of esters is 1. The number of H-pyrrole nitrogens is 2. The first kappa shape index (κ1) is 25.6. The van der Waals surface area contributed by atoms with Gasteiger partial charge in [0.05, 0.1) is 30.1 Å². The Bertz CT molecular complexity index is 1790. The second kappa shape index (κ2) is 10.4. The Kier molecular flexibility index (Phi) is 6.80. The molecule has 0 aliphatic heterocycles. The van der Waals surface area contributed by atoms with Crippen molar-refractivity contribution in [1.82, 2.24) is 19.1 Å². The molecule has 5 aromatic rings. The lowest BCUT2D eigenvalue weighted by molar-refractivity contribution is -0.141. The Balaban J connectivity index is 1.78. The summed E-state index contributed by atoms with van der Waals surface area (Å²) in [6.07, 6.45) is 1.88. The Morgan fingerprint density at radius 2 is 1.69 bits per heavy atom. The van der Waals surface area contributed by atoms with Crippen LogP contribution in [0.15, 0.2) is 59.5 Å². The minimum Gasteiger partial charge on any atom is -0.466 e. The van der Waals surface area contributed by atoms with Crippen molar-refractivity contribution in [3.05, 3.63) is 76.6 Å². The van der Waals surface area contributed by atoms with Crippen molar-refractivity contribution >= 4 is 39.8 Å². The summed E-state index contributed by atoms with van der Waals surface area (Å²) in [5, 5.41) is 1.37. The van der Waals surface area contributed by atoms with Crippen LogP contribution in [-0.2, 0) is 20.7 Å². The molecule has 11 nitrogen and oxygen atoms in total. The molecule has 0 spiro atoms. The smallest absolute Gasteiger partial charge is 0.418 e. The summed E-state index contributed by atoms with van der Waals surface area (Å²) in [7, 11) is 0. The van der Waals surface area contributed by atoms with E-state index in [4.69, 9.17) is 15.2 Å². The van der Waals surface area contributed by atoms with Crippen LogP contribution in [0.25, 0.3) is 38.8 Å². The van der Waals surface area contributed by atoms with Crippen LogP contribution in [0.3, 0.4) is 0 Å². The van der Waals surface area contributed by atoms with Gasteiger partial charge in [-0.3, -0.25) is 18.7 Å². The molecule has 3 aromatic heterocycles. The summed E-state index contributed by atoms with van der Waals surface area (Å²) in [5.74, 6) is -1.19. The largest absolute Gasteiger partial charge is 0.466 e. The molecule has 200 valence electrons. The van der Waals surface area contributed by atoms with E-state index in [-0.39, 0.29) is 30.6 Å². The molecular formula is C28H27N5O6. The van der Waals surface area contributed by atoms with E-state index in [9.17, 15) is 19.2 Å². The van der Waals surface area contributed by atoms with Gasteiger partial charge < -0.3 is 25.2 Å². The zero-order valence-corrected chi connectivity index (χ0v) is 21.4. The van der Waals surface area contributed by atoms with E-state index in [1.807, 2.05) is 24.3 Å². The zero-order chi connectivity index (χ0) is 27.7. The SMILES string of the molecule is CCOC(=O)n1cc(-n2c(-c3c(CCCOC(C)=O)[nH]c4ccccc34)c(C(N)=O)[nH]c2=O)c2ccccc21. The molecule has 0 atom stereocenters. The van der Waals surface area contributed by atoms with Gasteiger partial charge in [-0.15, -0.1) is 0 Å². The fourth-order valence-corrected chi connectivity index (χ4v) is 4.88. The van der Waals surface area contributed by atoms with Crippen molar-refractivity contribution in [3.63, 3.8) is 0 Å². The molecular weight excluding hydrogens is 502 g/mol. The van der Waals surface area contributed by atoms with E-state index in [1.165, 1.54) is 22.3 Å². The standard InChI is InChI=1S/C28H27N5O6/c1-3-38-28(37)32-15-22(18-10-5-7-13-21(18)32)33-25(24(26(29)35)31-27(33)36)23-17-9-4-6-11-19(17)30-20(23)12-8-14-39-16(2)34/h4-7,9-11,13,15,30H,3,8,12,14H2,1-2H3,(H2,29,35)(H,31,36). The summed E-state index contributed by atoms with van der Waals surface area (Å²) in [6.45, 7) is 3.44. The maximum atomic E-state index is 13.5. The molecule has 4 N–H and O–H groups in total. The third-order valence-electron chi connectivity index (χ3n) is 6.44. The van der Waals surface area contributed by atoms with Gasteiger partial charge in [0, 0.05) is 40.7 Å². The second-order valence-electron chi connectivity index (χ2n) is 8.92. The first-order valence-electron chi connectivity index (χ1n) is 12.5. The first-order valence-corrected chi connectivity index (χ1v) is 12.5. The predicted molar refractivity (Wildman–Crippen MR) is 145 cm³/mol. The molecule has 5 rings (SSSR count). The lowest BCUT2D eigenvalue weighted by Crippen LogP contribution is -2.16. The Morgan fingerprint density at radius 3 is 2.41 bits per heavy atom. The van der Waals surface area contributed by atoms with Crippen molar-refractivity contribution < 1.29 is 23.9 Å². The molecule has 0 fully saturated rings. The molecule has 0 aliphatic rings. The number of amides is 1. The number of aryl methyl sites for hydroxylation is 1. The topological polar surface area (TPSA) is 154 Å². The monoisotopic (exact) mass is 529 g/mol. The van der Waals surface area contributed by atoms with Gasteiger partial charge in [-0.25, -0.2) is 9.59 Å². The van der Waals surface area contributed by atoms with E-state index in [1.54, 1.807) is 31.2 Å². The molecule has 0 unspecified atom stereocenters. The number of primary amides is 1. The highest BCUT2D eigenvalue weighted by molar-refractivity contribution is 6.05. The van der Waals surface area contributed by atoms with Gasteiger partial charge >= 0.3 is 17.8 Å². The van der Waals surface area contributed by atoms with Gasteiger partial charge in [0.25, 0.3) is 5.91 Å². The number of imidazole rings is 1. The second-order valence-corrected chi connectivity index (χ2v) is 8.92. The fourth-order valence-electron chi connectivity index (χ4n) is 4.88. The number of hydrogen-bond acceptors (Lipinski definition) is 6. The van der Waals surface area contributed by atoms with Crippen LogP contribution in [0, 0.1) is 0 Å². The maximum absolute atomic E-state index is 13.5. The third-order valence-corrected chi connectivity index (χ3v) is 6.44. The molecule has 2 aromatic carbocycles. The van der Waals surface area contributed by atoms with Crippen LogP contribution in [0.4, 0.5) is 4.79 Å². The maximum Gasteiger partial charge on any atom is 0.418 e. The summed E-state index contributed by atoms with van der Waals surface area (Å²) >= 11 is 0. The van der Waals surface area contributed by atoms with Crippen LogP contribution in [-0.4, -0.2) is 50.3 Å². The molecule has 0 saturated carbocycles. The van der Waals surface area contributed by atoms with E-state index in [0.29, 0.717) is 35.0 Å². The summed E-state index contributed by atoms with van der Waals surface area (Å²) in [6, 6.07) is 14.6. The molecule has 0 aliphatic carbocycles. The van der Waals surface area contributed by atoms with E-state index < -0.39 is 17.7 Å². The number of ether oxygens (including phenoxy) is 2. The van der Waals surface area contributed by atoms with E-state index in [2.05, 4.69) is 9.97 Å². The first-order chi connectivity index (χ1) is 18.8. The number of benzene rings is 2. The van der Waals surface area contributed by atoms with Crippen LogP contribution in [0.5, 0.6) is 0 Å². The number of nitrogens with zero attached hydrogens (tertiary/aromatic N) is 2. The van der Waals surface area contributed by atoms with Crippen molar-refractivity contribution in [3.8, 4) is 16.9 Å². The van der Waals surface area contributed by atoms with Gasteiger partial charge in [-0.2, -0.15) is 0 Å². The van der Waals surface area contributed by atoms with Gasteiger partial charge in [0.2, 0.25) is 0 Å². The highest BCUT2D eigenvalue weighted by Crippen LogP contribution is 2.37. The molecule has 11 heteroatoms. The lowest BCUT2D eigenvalue weighted by atomic mass is 10.0. The van der Waals surface area contributed by atoms with Gasteiger partial charge in [0.1, 0.15) is 5.69 Å². The summed E-state index contributed by atoms with van der Waals surface area (Å²) in [4.78, 5) is 56.2.